The van der Waals surface area contributed by atoms with Crippen LogP contribution in [0.4, 0.5) is 21.2 Å². The van der Waals surface area contributed by atoms with Crippen molar-refractivity contribution < 1.29 is 33.2 Å². The number of hydrogen-bond acceptors (Lipinski definition) is 9. The van der Waals surface area contributed by atoms with Gasteiger partial charge in [-0.25, -0.2) is 0 Å². The van der Waals surface area contributed by atoms with Crippen molar-refractivity contribution in [3.63, 3.8) is 0 Å². The number of aliphatic hydroxyl groups is 1. The van der Waals surface area contributed by atoms with Gasteiger partial charge >= 0.3 is 0 Å². The zero-order valence-corrected chi connectivity index (χ0v) is 29.2. The predicted molar refractivity (Wildman–Crippen MR) is 185 cm³/mol. The van der Waals surface area contributed by atoms with E-state index in [0.717, 1.165) is 5.56 Å². The predicted octanol–water partition coefficient (Wildman–Crippen LogP) is 5.39. The van der Waals surface area contributed by atoms with Gasteiger partial charge in [-0.2, -0.15) is 0 Å². The zero-order chi connectivity index (χ0) is 35.8. The van der Waals surface area contributed by atoms with Gasteiger partial charge in [0.2, 0.25) is 8.41 Å². The van der Waals surface area contributed by atoms with Gasteiger partial charge < -0.3 is 28.9 Å². The number of amides is 2. The lowest BCUT2D eigenvalue weighted by Gasteiger charge is -2.31. The van der Waals surface area contributed by atoms with Crippen molar-refractivity contribution in [2.45, 2.75) is 63.2 Å². The third-order valence-corrected chi connectivity index (χ3v) is 12.1. The monoisotopic (exact) mass is 702 g/mol. The number of aryl methyl sites for hydroxylation is 1. The molecular weight excluding hydrogens is 664 g/mol. The number of methoxy groups -OCH3 is 1. The number of aliphatic hydroxyl groups excluding tert-OH is 1. The number of aromatic nitrogens is 3. The zero-order valence-electron chi connectivity index (χ0n) is 28.2. The number of nitro groups is 1. The fourth-order valence-corrected chi connectivity index (χ4v) is 9.88. The van der Waals surface area contributed by atoms with E-state index in [2.05, 4.69) is 15.6 Å². The summed E-state index contributed by atoms with van der Waals surface area (Å²) in [4.78, 5) is 40.4. The molecule has 1 fully saturated rings. The number of carbonyl (C=O) groups excluding carboxylic acids is 2. The summed E-state index contributed by atoms with van der Waals surface area (Å²) in [5, 5.41) is 32.2. The molecule has 15 heteroatoms. The molecule has 2 amide bonds. The topological polar surface area (TPSA) is 162 Å². The SMILES string of the molecule is COc1ccc(C(=O)Nc2ccc(CN3C(=O)[C@]4(O[C@H](CCn5cc(CCO)nn5)[C@@H]([Si](C)(C)F)[C@@H]4C)c4cc([N+](=O)[O-])ccc43)cc2)cc1. The molecule has 2 aliphatic rings. The lowest BCUT2D eigenvalue weighted by atomic mass is 9.82. The molecule has 3 heterocycles. The number of hydrogen-bond donors (Lipinski definition) is 2. The van der Waals surface area contributed by atoms with Crippen LogP contribution in [0.2, 0.25) is 18.6 Å². The van der Waals surface area contributed by atoms with Crippen molar-refractivity contribution in [3.05, 3.63) is 105 Å². The maximum absolute atomic E-state index is 16.2. The molecule has 13 nitrogen and oxygen atoms in total. The first-order chi connectivity index (χ1) is 23.8. The Balaban J connectivity index is 1.27. The normalized spacial score (nSPS) is 21.4. The Labute approximate surface area is 289 Å². The standard InChI is InChI=1S/C35H39FN6O7Si/c1-22-32(50(3,4)36)31(15-17-40-21-26(16-18-43)38-39-40)49-35(22)29-19-27(42(46)47)11-14-30(29)41(34(35)45)20-23-5-9-25(10-6-23)37-33(44)24-7-12-28(48-2)13-8-24/h5-14,19,21-22,31-32,43H,15-18,20H2,1-4H3,(H,37,44)/t22-,31+,32-,35+/m0/s1. The number of anilines is 2. The van der Waals surface area contributed by atoms with Gasteiger partial charge in [-0.15, -0.1) is 5.10 Å². The van der Waals surface area contributed by atoms with Crippen LogP contribution in [0.5, 0.6) is 5.75 Å². The Morgan fingerprint density at radius 1 is 1.16 bits per heavy atom. The summed E-state index contributed by atoms with van der Waals surface area (Å²) in [6.07, 6.45) is 1.73. The van der Waals surface area contributed by atoms with Crippen LogP contribution in [0.25, 0.3) is 0 Å². The number of nitro benzene ring substituents is 1. The highest BCUT2D eigenvalue weighted by molar-refractivity contribution is 6.72. The van der Waals surface area contributed by atoms with Crippen molar-refractivity contribution in [2.24, 2.45) is 5.92 Å². The van der Waals surface area contributed by atoms with Gasteiger partial charge in [0, 0.05) is 66.2 Å². The second-order valence-corrected chi connectivity index (χ2v) is 17.0. The first-order valence-electron chi connectivity index (χ1n) is 16.4. The first-order valence-corrected chi connectivity index (χ1v) is 19.3. The molecule has 0 radical (unpaired) electrons. The van der Waals surface area contributed by atoms with E-state index in [9.17, 15) is 24.8 Å². The van der Waals surface area contributed by atoms with Crippen LogP contribution in [-0.2, 0) is 34.6 Å². The van der Waals surface area contributed by atoms with Crippen LogP contribution in [0.1, 0.15) is 40.5 Å². The number of ether oxygens (including phenoxy) is 2. The molecule has 1 aromatic heterocycles. The second-order valence-electron chi connectivity index (χ2n) is 13.2. The van der Waals surface area contributed by atoms with Crippen molar-refractivity contribution in [1.82, 2.24) is 15.0 Å². The molecule has 2 N–H and O–H groups in total. The summed E-state index contributed by atoms with van der Waals surface area (Å²) in [5.74, 6) is -0.694. The molecule has 2 aliphatic heterocycles. The van der Waals surface area contributed by atoms with E-state index in [1.54, 1.807) is 97.5 Å². The minimum Gasteiger partial charge on any atom is -0.497 e. The molecule has 0 aliphatic carbocycles. The Morgan fingerprint density at radius 3 is 2.52 bits per heavy atom. The number of nitrogens with zero attached hydrogens (tertiary/aromatic N) is 5. The number of benzene rings is 3. The Morgan fingerprint density at radius 2 is 1.88 bits per heavy atom. The molecule has 0 saturated carbocycles. The highest BCUT2D eigenvalue weighted by atomic mass is 28.4. The average molecular weight is 703 g/mol. The van der Waals surface area contributed by atoms with Crippen LogP contribution in [0.3, 0.4) is 0 Å². The van der Waals surface area contributed by atoms with Crippen molar-refractivity contribution in [3.8, 4) is 5.75 Å². The largest absolute Gasteiger partial charge is 0.497 e. The number of rotatable bonds is 12. The van der Waals surface area contributed by atoms with Gasteiger partial charge in [0.1, 0.15) is 5.75 Å². The van der Waals surface area contributed by atoms with Gasteiger partial charge in [-0.05, 0) is 67.5 Å². The molecule has 4 atom stereocenters. The van der Waals surface area contributed by atoms with Crippen LogP contribution in [-0.4, -0.2) is 65.1 Å². The summed E-state index contributed by atoms with van der Waals surface area (Å²) in [6.45, 7) is 5.39. The van der Waals surface area contributed by atoms with Gasteiger partial charge in [-0.3, -0.25) is 24.4 Å². The van der Waals surface area contributed by atoms with E-state index in [1.165, 1.54) is 12.1 Å². The highest BCUT2D eigenvalue weighted by Crippen LogP contribution is 2.60. The molecule has 262 valence electrons. The summed E-state index contributed by atoms with van der Waals surface area (Å²) in [6, 6.07) is 18.1. The maximum Gasteiger partial charge on any atom is 0.269 e. The third-order valence-electron chi connectivity index (χ3n) is 9.66. The van der Waals surface area contributed by atoms with E-state index < -0.39 is 42.4 Å². The molecule has 50 heavy (non-hydrogen) atoms. The van der Waals surface area contributed by atoms with Crippen LogP contribution >= 0.6 is 0 Å². The summed E-state index contributed by atoms with van der Waals surface area (Å²) in [7, 11) is -1.92. The summed E-state index contributed by atoms with van der Waals surface area (Å²) in [5.41, 5.74) is 0.763. The van der Waals surface area contributed by atoms with E-state index in [-0.39, 0.29) is 24.7 Å². The molecule has 3 aromatic carbocycles. The maximum atomic E-state index is 16.2. The van der Waals surface area contributed by atoms with Crippen LogP contribution < -0.4 is 15.0 Å². The second kappa shape index (κ2) is 13.7. The number of halogens is 1. The van der Waals surface area contributed by atoms with Gasteiger partial charge in [-0.1, -0.05) is 24.3 Å². The van der Waals surface area contributed by atoms with Gasteiger partial charge in [0.15, 0.2) is 5.60 Å². The lowest BCUT2D eigenvalue weighted by molar-refractivity contribution is -0.385. The molecule has 0 unspecified atom stereocenters. The fraction of sp³-hybridized carbons (Fsp3) is 0.371. The molecule has 1 saturated heterocycles. The smallest absolute Gasteiger partial charge is 0.269 e. The molecule has 4 aromatic rings. The van der Waals surface area contributed by atoms with Gasteiger partial charge in [0.05, 0.1) is 36.1 Å². The minimum atomic E-state index is -3.47. The van der Waals surface area contributed by atoms with Crippen LogP contribution in [0, 0.1) is 16.0 Å². The van der Waals surface area contributed by atoms with E-state index in [0.29, 0.717) is 53.3 Å². The molecular formula is C35H39FN6O7Si. The fourth-order valence-electron chi connectivity index (χ4n) is 7.33. The molecule has 1 spiro atoms. The molecule has 0 bridgehead atoms. The van der Waals surface area contributed by atoms with Crippen molar-refractivity contribution in [1.29, 1.82) is 0 Å². The van der Waals surface area contributed by atoms with Crippen molar-refractivity contribution in [2.75, 3.05) is 23.9 Å². The number of non-ortho nitro benzene ring substituents is 1. The van der Waals surface area contributed by atoms with Gasteiger partial charge in [0.25, 0.3) is 17.5 Å². The Kier molecular flexibility index (Phi) is 9.57. The summed E-state index contributed by atoms with van der Waals surface area (Å²) >= 11 is 0. The summed E-state index contributed by atoms with van der Waals surface area (Å²) < 4.78 is 29.7. The third kappa shape index (κ3) is 6.51. The quantitative estimate of drug-likeness (QED) is 0.0853. The van der Waals surface area contributed by atoms with Crippen LogP contribution in [0.15, 0.2) is 72.9 Å². The molecule has 6 rings (SSSR count). The van der Waals surface area contributed by atoms with E-state index in [4.69, 9.17) is 9.47 Å². The highest BCUT2D eigenvalue weighted by Gasteiger charge is 2.66. The van der Waals surface area contributed by atoms with Crippen molar-refractivity contribution >= 4 is 37.3 Å². The number of carbonyl (C=O) groups is 2. The average Bonchev–Trinajstić information content (AvgIpc) is 3.74. The number of nitrogens with one attached hydrogen (secondary N) is 1. The minimum absolute atomic E-state index is 0.0658. The number of fused-ring (bicyclic) bond motifs is 2. The van der Waals surface area contributed by atoms with E-state index in [1.807, 2.05) is 0 Å². The lowest BCUT2D eigenvalue weighted by Crippen LogP contribution is -2.45. The first kappa shape index (κ1) is 34.9. The van der Waals surface area contributed by atoms with E-state index >= 15 is 4.11 Å². The Hall–Kier alpha value is -4.99. The Bertz CT molecular complexity index is 1900.